The number of esters is 1. The third-order valence-electron chi connectivity index (χ3n) is 6.50. The summed E-state index contributed by atoms with van der Waals surface area (Å²) in [7, 11) is 0. The SMILES string of the molecule is Cc1cccc(CCc2ccccc2OCC2C[C@@H](OCc3ccccc3)NC2C(=O)OC(C)(C)C)c1. The highest BCUT2D eigenvalue weighted by Crippen LogP contribution is 2.28. The van der Waals surface area contributed by atoms with E-state index in [-0.39, 0.29) is 18.1 Å². The molecule has 37 heavy (non-hydrogen) atoms. The highest BCUT2D eigenvalue weighted by atomic mass is 16.6. The van der Waals surface area contributed by atoms with E-state index in [1.54, 1.807) is 0 Å². The molecule has 1 heterocycles. The molecule has 0 amide bonds. The molecule has 0 bridgehead atoms. The molecule has 5 nitrogen and oxygen atoms in total. The number of carbonyl (C=O) groups is 1. The topological polar surface area (TPSA) is 56.8 Å². The summed E-state index contributed by atoms with van der Waals surface area (Å²) in [6.07, 6.45) is 2.26. The Balaban J connectivity index is 1.40. The number of nitrogens with one attached hydrogen (secondary N) is 1. The van der Waals surface area contributed by atoms with Gasteiger partial charge in [-0.1, -0.05) is 78.4 Å². The Morgan fingerprint density at radius 2 is 1.65 bits per heavy atom. The van der Waals surface area contributed by atoms with Crippen molar-refractivity contribution in [2.24, 2.45) is 5.92 Å². The Morgan fingerprint density at radius 3 is 2.41 bits per heavy atom. The van der Waals surface area contributed by atoms with Crippen molar-refractivity contribution in [3.8, 4) is 5.75 Å². The Labute approximate surface area is 221 Å². The zero-order valence-electron chi connectivity index (χ0n) is 22.4. The van der Waals surface area contributed by atoms with E-state index in [4.69, 9.17) is 14.2 Å². The molecule has 1 saturated heterocycles. The van der Waals surface area contributed by atoms with Crippen molar-refractivity contribution in [1.29, 1.82) is 0 Å². The summed E-state index contributed by atoms with van der Waals surface area (Å²) in [4.78, 5) is 13.1. The van der Waals surface area contributed by atoms with Crippen molar-refractivity contribution in [1.82, 2.24) is 5.32 Å². The van der Waals surface area contributed by atoms with Crippen LogP contribution in [0.5, 0.6) is 5.75 Å². The first-order valence-electron chi connectivity index (χ1n) is 13.2. The van der Waals surface area contributed by atoms with Crippen LogP contribution in [0.1, 0.15) is 49.4 Å². The summed E-state index contributed by atoms with van der Waals surface area (Å²) in [6, 6.07) is 26.4. The van der Waals surface area contributed by atoms with Crippen LogP contribution in [0, 0.1) is 12.8 Å². The minimum absolute atomic E-state index is 0.0690. The average molecular weight is 502 g/mol. The van der Waals surface area contributed by atoms with E-state index in [0.717, 1.165) is 24.2 Å². The van der Waals surface area contributed by atoms with Gasteiger partial charge in [0, 0.05) is 5.92 Å². The van der Waals surface area contributed by atoms with Crippen molar-refractivity contribution in [3.05, 3.63) is 101 Å². The van der Waals surface area contributed by atoms with Gasteiger partial charge in [0.2, 0.25) is 0 Å². The number of hydrogen-bond acceptors (Lipinski definition) is 5. The molecule has 1 N–H and O–H groups in total. The molecule has 0 spiro atoms. The number of rotatable bonds is 10. The molecule has 3 atom stereocenters. The molecule has 3 aromatic carbocycles. The lowest BCUT2D eigenvalue weighted by Gasteiger charge is -2.25. The average Bonchev–Trinajstić information content (AvgIpc) is 3.28. The largest absolute Gasteiger partial charge is 0.493 e. The maximum atomic E-state index is 13.1. The van der Waals surface area contributed by atoms with Gasteiger partial charge in [-0.3, -0.25) is 10.1 Å². The first-order chi connectivity index (χ1) is 17.8. The Bertz CT molecular complexity index is 1150. The number of ether oxygens (including phenoxy) is 3. The van der Waals surface area contributed by atoms with Crippen molar-refractivity contribution in [2.45, 2.75) is 71.4 Å². The standard InChI is InChI=1S/C32H39NO4/c1-23-11-10-14-24(19-23)17-18-26-15-8-9-16-28(26)35-22-27-20-29(36-21-25-12-6-5-7-13-25)33-30(27)31(34)37-32(2,3)4/h5-16,19,27,29-30,33H,17-18,20-22H2,1-4H3/t27?,29-,30?/m1/s1. The molecule has 1 fully saturated rings. The van der Waals surface area contributed by atoms with E-state index in [1.807, 2.05) is 69.3 Å². The fourth-order valence-electron chi connectivity index (χ4n) is 4.69. The monoisotopic (exact) mass is 501 g/mol. The highest BCUT2D eigenvalue weighted by Gasteiger charge is 2.41. The van der Waals surface area contributed by atoms with Crippen LogP contribution in [0.15, 0.2) is 78.9 Å². The normalized spacial score (nSPS) is 19.5. The maximum absolute atomic E-state index is 13.1. The van der Waals surface area contributed by atoms with Crippen LogP contribution in [0.2, 0.25) is 0 Å². The van der Waals surface area contributed by atoms with Crippen LogP contribution < -0.4 is 10.1 Å². The van der Waals surface area contributed by atoms with Crippen LogP contribution in [-0.2, 0) is 33.7 Å². The minimum atomic E-state index is -0.560. The Morgan fingerprint density at radius 1 is 0.919 bits per heavy atom. The second-order valence-electron chi connectivity index (χ2n) is 10.9. The zero-order valence-corrected chi connectivity index (χ0v) is 22.4. The van der Waals surface area contributed by atoms with Gasteiger partial charge in [-0.25, -0.2) is 0 Å². The number of para-hydroxylation sites is 1. The Kier molecular flexibility index (Phi) is 9.01. The van der Waals surface area contributed by atoms with Crippen LogP contribution in [0.4, 0.5) is 0 Å². The van der Waals surface area contributed by atoms with Gasteiger partial charge in [0.1, 0.15) is 23.6 Å². The summed E-state index contributed by atoms with van der Waals surface area (Å²) >= 11 is 0. The van der Waals surface area contributed by atoms with E-state index in [9.17, 15) is 4.79 Å². The lowest BCUT2D eigenvalue weighted by Crippen LogP contribution is -2.44. The van der Waals surface area contributed by atoms with Crippen molar-refractivity contribution in [2.75, 3.05) is 6.61 Å². The molecule has 5 heteroatoms. The number of aryl methyl sites for hydroxylation is 3. The van der Waals surface area contributed by atoms with Crippen LogP contribution in [0.3, 0.4) is 0 Å². The molecule has 196 valence electrons. The number of hydrogen-bond donors (Lipinski definition) is 1. The molecule has 0 aliphatic carbocycles. The third kappa shape index (κ3) is 8.17. The molecule has 1 aliphatic rings. The van der Waals surface area contributed by atoms with Crippen molar-refractivity contribution < 1.29 is 19.0 Å². The quantitative estimate of drug-likeness (QED) is 0.344. The summed E-state index contributed by atoms with van der Waals surface area (Å²) in [5.41, 5.74) is 4.29. The Hall–Kier alpha value is -3.15. The molecule has 3 aromatic rings. The third-order valence-corrected chi connectivity index (χ3v) is 6.50. The van der Waals surface area contributed by atoms with Gasteiger partial charge in [-0.15, -0.1) is 0 Å². The van der Waals surface area contributed by atoms with Gasteiger partial charge < -0.3 is 14.2 Å². The second-order valence-corrected chi connectivity index (χ2v) is 10.9. The van der Waals surface area contributed by atoms with E-state index >= 15 is 0 Å². The molecular formula is C32H39NO4. The first-order valence-corrected chi connectivity index (χ1v) is 13.2. The summed E-state index contributed by atoms with van der Waals surface area (Å²) in [5.74, 6) is 0.534. The molecule has 2 unspecified atom stereocenters. The molecule has 0 aromatic heterocycles. The lowest BCUT2D eigenvalue weighted by molar-refractivity contribution is -0.158. The molecular weight excluding hydrogens is 462 g/mol. The molecule has 0 saturated carbocycles. The lowest BCUT2D eigenvalue weighted by atomic mass is 10.0. The fourth-order valence-corrected chi connectivity index (χ4v) is 4.69. The van der Waals surface area contributed by atoms with Gasteiger partial charge >= 0.3 is 5.97 Å². The molecule has 0 radical (unpaired) electrons. The van der Waals surface area contributed by atoms with E-state index in [0.29, 0.717) is 19.6 Å². The fraction of sp³-hybridized carbons (Fsp3) is 0.406. The van der Waals surface area contributed by atoms with E-state index in [1.165, 1.54) is 16.7 Å². The number of carbonyl (C=O) groups excluding carboxylic acids is 1. The predicted octanol–water partition coefficient (Wildman–Crippen LogP) is 6.02. The van der Waals surface area contributed by atoms with Gasteiger partial charge in [0.15, 0.2) is 0 Å². The van der Waals surface area contributed by atoms with E-state index in [2.05, 4.69) is 42.6 Å². The van der Waals surface area contributed by atoms with Crippen molar-refractivity contribution in [3.63, 3.8) is 0 Å². The predicted molar refractivity (Wildman–Crippen MR) is 146 cm³/mol. The second kappa shape index (κ2) is 12.4. The minimum Gasteiger partial charge on any atom is -0.493 e. The summed E-state index contributed by atoms with van der Waals surface area (Å²) < 4.78 is 18.2. The molecule has 4 rings (SSSR count). The summed E-state index contributed by atoms with van der Waals surface area (Å²) in [5, 5.41) is 3.36. The molecule has 1 aliphatic heterocycles. The number of benzene rings is 3. The van der Waals surface area contributed by atoms with Gasteiger partial charge in [-0.2, -0.15) is 0 Å². The smallest absolute Gasteiger partial charge is 0.324 e. The zero-order chi connectivity index (χ0) is 26.3. The van der Waals surface area contributed by atoms with Crippen LogP contribution >= 0.6 is 0 Å². The van der Waals surface area contributed by atoms with Gasteiger partial charge in [0.05, 0.1) is 13.2 Å². The van der Waals surface area contributed by atoms with Crippen LogP contribution in [0.25, 0.3) is 0 Å². The highest BCUT2D eigenvalue weighted by molar-refractivity contribution is 5.77. The first kappa shape index (κ1) is 26.9. The van der Waals surface area contributed by atoms with Gasteiger partial charge in [0.25, 0.3) is 0 Å². The van der Waals surface area contributed by atoms with Crippen LogP contribution in [-0.4, -0.2) is 30.4 Å². The maximum Gasteiger partial charge on any atom is 0.324 e. The van der Waals surface area contributed by atoms with Crippen molar-refractivity contribution >= 4 is 5.97 Å². The van der Waals surface area contributed by atoms with Gasteiger partial charge in [-0.05, 0) is 69.7 Å². The summed E-state index contributed by atoms with van der Waals surface area (Å²) in [6.45, 7) is 8.67. The van der Waals surface area contributed by atoms with E-state index < -0.39 is 11.6 Å².